The summed E-state index contributed by atoms with van der Waals surface area (Å²) >= 11 is 0. The molecule has 178 valence electrons. The molecule has 1 aliphatic rings. The lowest BCUT2D eigenvalue weighted by Gasteiger charge is -2.10. The summed E-state index contributed by atoms with van der Waals surface area (Å²) in [4.78, 5) is 56.6. The van der Waals surface area contributed by atoms with Crippen molar-refractivity contribution in [1.82, 2.24) is 35.1 Å². The quantitative estimate of drug-likeness (QED) is 0.366. The van der Waals surface area contributed by atoms with Crippen LogP contribution in [0.5, 0.6) is 0 Å². The van der Waals surface area contributed by atoms with E-state index in [9.17, 15) is 19.2 Å². The van der Waals surface area contributed by atoms with Crippen molar-refractivity contribution in [3.8, 4) is 0 Å². The molecule has 0 bridgehead atoms. The summed E-state index contributed by atoms with van der Waals surface area (Å²) in [5.74, 6) is -0.372. The number of imidazole rings is 2. The zero-order chi connectivity index (χ0) is 23.8. The normalized spacial score (nSPS) is 13.5. The number of hydrogen-bond donors (Lipinski definition) is 4. The minimum atomic E-state index is -0.407. The first kappa shape index (κ1) is 24.0. The van der Waals surface area contributed by atoms with Crippen LogP contribution in [0.1, 0.15) is 53.3 Å². The zero-order valence-corrected chi connectivity index (χ0v) is 18.9. The number of anilines is 1. The Morgan fingerprint density at radius 1 is 0.939 bits per heavy atom. The first-order valence-electron chi connectivity index (χ1n) is 11.0. The molecule has 1 saturated carbocycles. The van der Waals surface area contributed by atoms with Crippen LogP contribution in [0.2, 0.25) is 0 Å². The summed E-state index contributed by atoms with van der Waals surface area (Å²) in [6.45, 7) is 0.755. The van der Waals surface area contributed by atoms with Gasteiger partial charge in [0, 0.05) is 64.7 Å². The molecule has 33 heavy (non-hydrogen) atoms. The van der Waals surface area contributed by atoms with E-state index >= 15 is 0 Å². The van der Waals surface area contributed by atoms with Crippen molar-refractivity contribution >= 4 is 29.4 Å². The molecular formula is C21H30N8O4. The average molecular weight is 459 g/mol. The second kappa shape index (κ2) is 11.2. The molecule has 0 radical (unpaired) electrons. The molecule has 4 amide bonds. The maximum absolute atomic E-state index is 12.4. The molecule has 12 heteroatoms. The van der Waals surface area contributed by atoms with Crippen LogP contribution in [0.25, 0.3) is 0 Å². The molecule has 1 aliphatic carbocycles. The smallest absolute Gasteiger partial charge is 0.287 e. The van der Waals surface area contributed by atoms with Gasteiger partial charge in [-0.2, -0.15) is 0 Å². The van der Waals surface area contributed by atoms with Crippen molar-refractivity contribution in [3.63, 3.8) is 0 Å². The van der Waals surface area contributed by atoms with Crippen LogP contribution >= 0.6 is 0 Å². The molecule has 0 atom stereocenters. The van der Waals surface area contributed by atoms with Crippen LogP contribution in [-0.2, 0) is 23.7 Å². The number of hydrogen-bond acceptors (Lipinski definition) is 6. The number of aromatic nitrogens is 4. The Labute approximate surface area is 191 Å². The lowest BCUT2D eigenvalue weighted by Crippen LogP contribution is -2.37. The third-order valence-corrected chi connectivity index (χ3v) is 5.44. The van der Waals surface area contributed by atoms with Crippen LogP contribution in [-0.4, -0.2) is 62.4 Å². The second-order valence-electron chi connectivity index (χ2n) is 8.00. The molecule has 2 aromatic heterocycles. The van der Waals surface area contributed by atoms with Crippen LogP contribution in [0.15, 0.2) is 18.6 Å². The molecule has 3 rings (SSSR count). The number of nitrogens with one attached hydrogen (secondary N) is 4. The molecule has 2 heterocycles. The molecule has 4 N–H and O–H groups in total. The monoisotopic (exact) mass is 458 g/mol. The average Bonchev–Trinajstić information content (AvgIpc) is 3.52. The molecule has 12 nitrogen and oxygen atoms in total. The highest BCUT2D eigenvalue weighted by Crippen LogP contribution is 2.24. The van der Waals surface area contributed by atoms with Crippen LogP contribution in [0.4, 0.5) is 5.82 Å². The van der Waals surface area contributed by atoms with Gasteiger partial charge in [-0.3, -0.25) is 19.2 Å². The van der Waals surface area contributed by atoms with E-state index in [1.807, 2.05) is 0 Å². The second-order valence-corrected chi connectivity index (χ2v) is 8.00. The van der Waals surface area contributed by atoms with Crippen molar-refractivity contribution in [3.05, 3.63) is 30.2 Å². The summed E-state index contributed by atoms with van der Waals surface area (Å²) in [5, 5.41) is 10.8. The van der Waals surface area contributed by atoms with Gasteiger partial charge in [-0.25, -0.2) is 9.97 Å². The molecule has 2 aromatic rings. The molecule has 0 saturated heterocycles. The van der Waals surface area contributed by atoms with E-state index in [1.54, 1.807) is 24.9 Å². The Morgan fingerprint density at radius 2 is 1.61 bits per heavy atom. The summed E-state index contributed by atoms with van der Waals surface area (Å²) in [7, 11) is 3.35. The summed E-state index contributed by atoms with van der Waals surface area (Å²) in [6, 6.07) is 0. The maximum Gasteiger partial charge on any atom is 0.287 e. The largest absolute Gasteiger partial charge is 0.354 e. The number of nitrogens with zero attached hydrogens (tertiary/aromatic N) is 4. The highest BCUT2D eigenvalue weighted by atomic mass is 16.2. The van der Waals surface area contributed by atoms with Gasteiger partial charge >= 0.3 is 0 Å². The van der Waals surface area contributed by atoms with Crippen molar-refractivity contribution < 1.29 is 19.2 Å². The summed E-state index contributed by atoms with van der Waals surface area (Å²) in [5.41, 5.74) is 0. The first-order valence-corrected chi connectivity index (χ1v) is 11.0. The number of carbonyl (C=O) groups is 4. The Morgan fingerprint density at radius 3 is 2.30 bits per heavy atom. The van der Waals surface area contributed by atoms with Gasteiger partial charge in [-0.15, -0.1) is 0 Å². The highest BCUT2D eigenvalue weighted by Gasteiger charge is 2.22. The minimum absolute atomic E-state index is 0.0367. The van der Waals surface area contributed by atoms with Crippen LogP contribution in [0.3, 0.4) is 0 Å². The van der Waals surface area contributed by atoms with E-state index in [4.69, 9.17) is 0 Å². The molecule has 0 aromatic carbocycles. The van der Waals surface area contributed by atoms with Gasteiger partial charge in [0.05, 0.1) is 0 Å². The molecule has 0 aliphatic heterocycles. The lowest BCUT2D eigenvalue weighted by atomic mass is 10.1. The first-order chi connectivity index (χ1) is 15.8. The maximum atomic E-state index is 12.4. The third-order valence-electron chi connectivity index (χ3n) is 5.44. The van der Waals surface area contributed by atoms with Crippen molar-refractivity contribution in [2.45, 2.75) is 32.1 Å². The fourth-order valence-corrected chi connectivity index (χ4v) is 3.67. The molecule has 0 spiro atoms. The van der Waals surface area contributed by atoms with E-state index in [0.29, 0.717) is 6.54 Å². The fourth-order valence-electron chi connectivity index (χ4n) is 3.67. The Bertz CT molecular complexity index is 1010. The number of aryl methyl sites for hydroxylation is 2. The lowest BCUT2D eigenvalue weighted by molar-refractivity contribution is -0.124. The molecular weight excluding hydrogens is 428 g/mol. The Balaban J connectivity index is 1.38. The van der Waals surface area contributed by atoms with Gasteiger partial charge in [0.1, 0.15) is 0 Å². The summed E-state index contributed by atoms with van der Waals surface area (Å²) in [6.07, 6.45) is 8.77. The van der Waals surface area contributed by atoms with Crippen molar-refractivity contribution in [2.24, 2.45) is 20.0 Å². The zero-order valence-electron chi connectivity index (χ0n) is 18.9. The van der Waals surface area contributed by atoms with E-state index in [1.165, 1.54) is 17.0 Å². The van der Waals surface area contributed by atoms with Gasteiger partial charge in [0.2, 0.25) is 17.6 Å². The fraction of sp³-hybridized carbons (Fsp3) is 0.524. The third kappa shape index (κ3) is 6.64. The molecule has 0 unspecified atom stereocenters. The van der Waals surface area contributed by atoms with Crippen LogP contribution in [0, 0.1) is 5.92 Å². The van der Waals surface area contributed by atoms with Gasteiger partial charge in [0.25, 0.3) is 11.8 Å². The SMILES string of the molecule is Cn1ccnc1C(=O)NCCC(=O)Nc1cn(C)c(C(=O)NCCNC(=O)C2CCCC2)n1. The predicted octanol–water partition coefficient (Wildman–Crippen LogP) is -0.0516. The van der Waals surface area contributed by atoms with Gasteiger partial charge in [0.15, 0.2) is 11.6 Å². The predicted molar refractivity (Wildman–Crippen MR) is 119 cm³/mol. The van der Waals surface area contributed by atoms with Gasteiger partial charge < -0.3 is 30.4 Å². The van der Waals surface area contributed by atoms with E-state index in [-0.39, 0.29) is 60.6 Å². The van der Waals surface area contributed by atoms with Crippen molar-refractivity contribution in [1.29, 1.82) is 0 Å². The van der Waals surface area contributed by atoms with E-state index in [0.717, 1.165) is 25.7 Å². The van der Waals surface area contributed by atoms with E-state index in [2.05, 4.69) is 31.2 Å². The standard InChI is InChI=1S/C21H30N8O4/c1-28-12-11-22-17(28)20(32)23-8-7-16(30)26-15-13-29(2)18(27-15)21(33)25-10-9-24-19(31)14-5-3-4-6-14/h11-14H,3-10H2,1-2H3,(H,23,32)(H,24,31)(H,25,33)(H,26,30). The van der Waals surface area contributed by atoms with E-state index < -0.39 is 5.91 Å². The summed E-state index contributed by atoms with van der Waals surface area (Å²) < 4.78 is 3.09. The van der Waals surface area contributed by atoms with Crippen LogP contribution < -0.4 is 21.3 Å². The van der Waals surface area contributed by atoms with Gasteiger partial charge in [-0.1, -0.05) is 12.8 Å². The number of rotatable bonds is 10. The number of carbonyl (C=O) groups excluding carboxylic acids is 4. The minimum Gasteiger partial charge on any atom is -0.354 e. The van der Waals surface area contributed by atoms with Crippen molar-refractivity contribution in [2.75, 3.05) is 25.0 Å². The Hall–Kier alpha value is -3.70. The highest BCUT2D eigenvalue weighted by molar-refractivity contribution is 5.94. The molecule has 1 fully saturated rings. The van der Waals surface area contributed by atoms with Gasteiger partial charge in [-0.05, 0) is 12.8 Å². The number of amides is 4. The topological polar surface area (TPSA) is 152 Å². The Kier molecular flexibility index (Phi) is 8.17.